The van der Waals surface area contributed by atoms with Gasteiger partial charge >= 0.3 is 12.5 Å². The number of esters is 1. The number of ether oxygens (including phenoxy) is 1. The number of carbonyl (C=O) groups excluding carboxylic acids is 1. The molecule has 0 amide bonds. The van der Waals surface area contributed by atoms with Gasteiger partial charge in [-0.3, -0.25) is 9.36 Å². The van der Waals surface area contributed by atoms with Crippen LogP contribution in [0.15, 0.2) is 41.2 Å². The maximum Gasteiger partial charge on any atom is 0.359 e. The lowest BCUT2D eigenvalue weighted by molar-refractivity contribution is 0.0379. The van der Waals surface area contributed by atoms with E-state index in [1.165, 1.54) is 19.2 Å². The Bertz CT molecular complexity index is 965. The molecule has 0 aliphatic rings. The van der Waals surface area contributed by atoms with Gasteiger partial charge in [0, 0.05) is 13.1 Å². The molecular weight excluding hydrogens is 322 g/mol. The average Bonchev–Trinajstić information content (AvgIpc) is 2.93. The van der Waals surface area contributed by atoms with Gasteiger partial charge in [-0.15, -0.1) is 0 Å². The van der Waals surface area contributed by atoms with E-state index in [0.29, 0.717) is 10.1 Å². The van der Waals surface area contributed by atoms with Crippen molar-refractivity contribution in [3.63, 3.8) is 0 Å². The molecule has 9 heteroatoms. The van der Waals surface area contributed by atoms with Gasteiger partial charge in [-0.1, -0.05) is 12.1 Å². The standard InChI is InChI=1S/C15H12F2N4O3/c1-20-13(22)7-6-10(19-20)14(23)24-8-12-18-9-4-2-3-5-11(9)21(12)15(16)17/h2-7,15H,8H2,1H3. The van der Waals surface area contributed by atoms with E-state index < -0.39 is 19.1 Å². The number of carbonyl (C=O) groups is 1. The first-order chi connectivity index (χ1) is 11.5. The maximum atomic E-state index is 13.3. The van der Waals surface area contributed by atoms with Crippen molar-refractivity contribution in [3.05, 3.63) is 58.3 Å². The number of hydrogen-bond acceptors (Lipinski definition) is 5. The van der Waals surface area contributed by atoms with Gasteiger partial charge in [-0.2, -0.15) is 13.9 Å². The van der Waals surface area contributed by atoms with Crippen LogP contribution in [0.3, 0.4) is 0 Å². The number of fused-ring (bicyclic) bond motifs is 1. The third kappa shape index (κ3) is 2.87. The number of hydrogen-bond donors (Lipinski definition) is 0. The second-order valence-corrected chi connectivity index (χ2v) is 4.92. The molecule has 0 atom stereocenters. The summed E-state index contributed by atoms with van der Waals surface area (Å²) in [4.78, 5) is 27.3. The molecule has 7 nitrogen and oxygen atoms in total. The highest BCUT2D eigenvalue weighted by molar-refractivity contribution is 5.86. The Labute approximate surface area is 134 Å². The molecule has 0 aliphatic heterocycles. The van der Waals surface area contributed by atoms with Crippen LogP contribution in [0.4, 0.5) is 8.78 Å². The molecule has 0 aliphatic carbocycles. The molecule has 1 aromatic carbocycles. The molecule has 2 heterocycles. The number of halogens is 2. The van der Waals surface area contributed by atoms with E-state index in [9.17, 15) is 18.4 Å². The summed E-state index contributed by atoms with van der Waals surface area (Å²) >= 11 is 0. The second kappa shape index (κ2) is 6.19. The minimum atomic E-state index is -2.82. The molecular formula is C15H12F2N4O3. The molecule has 124 valence electrons. The van der Waals surface area contributed by atoms with Crippen LogP contribution in [0, 0.1) is 0 Å². The van der Waals surface area contributed by atoms with Crippen molar-refractivity contribution in [1.82, 2.24) is 19.3 Å². The predicted molar refractivity (Wildman–Crippen MR) is 79.6 cm³/mol. The molecule has 3 aromatic rings. The first-order valence-electron chi connectivity index (χ1n) is 6.93. The molecule has 2 aromatic heterocycles. The fourth-order valence-corrected chi connectivity index (χ4v) is 2.23. The minimum Gasteiger partial charge on any atom is -0.453 e. The van der Waals surface area contributed by atoms with Crippen molar-refractivity contribution < 1.29 is 18.3 Å². The Hall–Kier alpha value is -3.10. The third-order valence-corrected chi connectivity index (χ3v) is 3.37. The zero-order valence-electron chi connectivity index (χ0n) is 12.5. The van der Waals surface area contributed by atoms with E-state index in [2.05, 4.69) is 10.1 Å². The number of aromatic nitrogens is 4. The molecule has 0 saturated heterocycles. The Kier molecular flexibility index (Phi) is 4.07. The smallest absolute Gasteiger partial charge is 0.359 e. The van der Waals surface area contributed by atoms with Crippen LogP contribution in [0.5, 0.6) is 0 Å². The summed E-state index contributed by atoms with van der Waals surface area (Å²) in [5.74, 6) is -0.914. The van der Waals surface area contributed by atoms with Crippen molar-refractivity contribution in [2.24, 2.45) is 7.05 Å². The number of benzene rings is 1. The highest BCUT2D eigenvalue weighted by atomic mass is 19.3. The van der Waals surface area contributed by atoms with Gasteiger partial charge in [-0.25, -0.2) is 14.5 Å². The Balaban J connectivity index is 1.85. The lowest BCUT2D eigenvalue weighted by atomic mass is 10.3. The van der Waals surface area contributed by atoms with Gasteiger partial charge in [0.05, 0.1) is 11.0 Å². The van der Waals surface area contributed by atoms with Crippen molar-refractivity contribution in [1.29, 1.82) is 0 Å². The summed E-state index contributed by atoms with van der Waals surface area (Å²) in [6, 6.07) is 8.77. The monoisotopic (exact) mass is 334 g/mol. The van der Waals surface area contributed by atoms with Crippen LogP contribution in [-0.4, -0.2) is 25.3 Å². The molecule has 0 radical (unpaired) electrons. The molecule has 0 bridgehead atoms. The van der Waals surface area contributed by atoms with E-state index >= 15 is 0 Å². The fraction of sp³-hybridized carbons (Fsp3) is 0.200. The molecule has 0 saturated carbocycles. The van der Waals surface area contributed by atoms with Gasteiger partial charge in [0.25, 0.3) is 5.56 Å². The summed E-state index contributed by atoms with van der Waals surface area (Å²) in [7, 11) is 1.38. The summed E-state index contributed by atoms with van der Waals surface area (Å²) in [6.45, 7) is -3.26. The summed E-state index contributed by atoms with van der Waals surface area (Å²) < 4.78 is 33.2. The fourth-order valence-electron chi connectivity index (χ4n) is 2.23. The van der Waals surface area contributed by atoms with Crippen LogP contribution in [-0.2, 0) is 18.4 Å². The van der Waals surface area contributed by atoms with E-state index in [0.717, 1.165) is 10.7 Å². The van der Waals surface area contributed by atoms with Crippen LogP contribution >= 0.6 is 0 Å². The molecule has 3 rings (SSSR count). The first-order valence-corrected chi connectivity index (χ1v) is 6.93. The largest absolute Gasteiger partial charge is 0.453 e. The predicted octanol–water partition coefficient (Wildman–Crippen LogP) is 1.88. The normalized spacial score (nSPS) is 11.2. The topological polar surface area (TPSA) is 79.0 Å². The van der Waals surface area contributed by atoms with Crippen molar-refractivity contribution in [2.75, 3.05) is 0 Å². The Morgan fingerprint density at radius 2 is 2.00 bits per heavy atom. The molecule has 0 unspecified atom stereocenters. The van der Waals surface area contributed by atoms with Crippen LogP contribution in [0.1, 0.15) is 22.9 Å². The van der Waals surface area contributed by atoms with Crippen LogP contribution in [0.2, 0.25) is 0 Å². The first kappa shape index (κ1) is 15.8. The Morgan fingerprint density at radius 1 is 1.25 bits per heavy atom. The van der Waals surface area contributed by atoms with E-state index in [4.69, 9.17) is 4.74 Å². The highest BCUT2D eigenvalue weighted by Gasteiger charge is 2.19. The number of imidazole rings is 1. The average molecular weight is 334 g/mol. The second-order valence-electron chi connectivity index (χ2n) is 4.92. The molecule has 24 heavy (non-hydrogen) atoms. The lowest BCUT2D eigenvalue weighted by Gasteiger charge is -2.08. The number of alkyl halides is 2. The van der Waals surface area contributed by atoms with Gasteiger partial charge < -0.3 is 4.74 Å². The quantitative estimate of drug-likeness (QED) is 0.681. The number of nitrogens with zero attached hydrogens (tertiary/aromatic N) is 4. The zero-order valence-corrected chi connectivity index (χ0v) is 12.5. The summed E-state index contributed by atoms with van der Waals surface area (Å²) in [5, 5.41) is 3.74. The molecule has 0 spiro atoms. The number of para-hydroxylation sites is 2. The van der Waals surface area contributed by atoms with Gasteiger partial charge in [0.1, 0.15) is 6.61 Å². The maximum absolute atomic E-state index is 13.3. The summed E-state index contributed by atoms with van der Waals surface area (Å²) in [6.07, 6.45) is 0. The number of rotatable bonds is 4. The van der Waals surface area contributed by atoms with Gasteiger partial charge in [-0.05, 0) is 18.2 Å². The zero-order chi connectivity index (χ0) is 17.3. The van der Waals surface area contributed by atoms with E-state index in [1.807, 2.05) is 0 Å². The van der Waals surface area contributed by atoms with Gasteiger partial charge in [0.2, 0.25) is 0 Å². The highest BCUT2D eigenvalue weighted by Crippen LogP contribution is 2.23. The minimum absolute atomic E-state index is 0.0793. The van der Waals surface area contributed by atoms with Gasteiger partial charge in [0.15, 0.2) is 11.5 Å². The number of aryl methyl sites for hydroxylation is 1. The lowest BCUT2D eigenvalue weighted by Crippen LogP contribution is -2.22. The van der Waals surface area contributed by atoms with Crippen LogP contribution < -0.4 is 5.56 Å². The van der Waals surface area contributed by atoms with Crippen LogP contribution in [0.25, 0.3) is 11.0 Å². The Morgan fingerprint density at radius 3 is 2.71 bits per heavy atom. The van der Waals surface area contributed by atoms with Crippen molar-refractivity contribution in [2.45, 2.75) is 13.2 Å². The van der Waals surface area contributed by atoms with E-state index in [1.54, 1.807) is 18.2 Å². The van der Waals surface area contributed by atoms with Crippen molar-refractivity contribution >= 4 is 17.0 Å². The van der Waals surface area contributed by atoms with Crippen molar-refractivity contribution in [3.8, 4) is 0 Å². The summed E-state index contributed by atoms with van der Waals surface area (Å²) in [5.41, 5.74) is 0.144. The molecule has 0 fully saturated rings. The third-order valence-electron chi connectivity index (χ3n) is 3.37. The molecule has 0 N–H and O–H groups in total. The van der Waals surface area contributed by atoms with E-state index in [-0.39, 0.29) is 22.6 Å². The SMILES string of the molecule is Cn1nc(C(=O)OCc2nc3ccccc3n2C(F)F)ccc1=O.